The summed E-state index contributed by atoms with van der Waals surface area (Å²) < 4.78 is 41.3. The molecule has 2 aromatic rings. The maximum Gasteiger partial charge on any atom is 0.354 e. The van der Waals surface area contributed by atoms with Gasteiger partial charge < -0.3 is 33.9 Å². The zero-order valence-electron chi connectivity index (χ0n) is 26.3. The van der Waals surface area contributed by atoms with Gasteiger partial charge in [0.1, 0.15) is 11.4 Å². The van der Waals surface area contributed by atoms with Gasteiger partial charge in [-0.15, -0.1) is 11.8 Å². The number of hydrogen-bond acceptors (Lipinski definition) is 14. The van der Waals surface area contributed by atoms with Gasteiger partial charge in [-0.3, -0.25) is 14.6 Å². The van der Waals surface area contributed by atoms with Crippen molar-refractivity contribution in [3.63, 3.8) is 0 Å². The van der Waals surface area contributed by atoms with Crippen molar-refractivity contribution < 1.29 is 52.2 Å². The molecule has 1 saturated heterocycles. The molecule has 2 N–H and O–H groups in total. The molecule has 0 atom stereocenters. The smallest absolute Gasteiger partial charge is 0.354 e. The van der Waals surface area contributed by atoms with E-state index in [2.05, 4.69) is 14.9 Å². The van der Waals surface area contributed by atoms with Crippen molar-refractivity contribution >= 4 is 41.8 Å². The van der Waals surface area contributed by atoms with Crippen molar-refractivity contribution in [2.45, 2.75) is 29.8 Å². The van der Waals surface area contributed by atoms with E-state index in [1.54, 1.807) is 13.0 Å². The largest absolute Gasteiger partial charge is 0.477 e. The predicted molar refractivity (Wildman–Crippen MR) is 171 cm³/mol. The molecule has 14 nitrogen and oxygen atoms in total. The summed E-state index contributed by atoms with van der Waals surface area (Å²) in [6.45, 7) is 7.66. The molecular formula is C30H41FN4O10S2. The van der Waals surface area contributed by atoms with Gasteiger partial charge in [-0.1, -0.05) is 0 Å². The second kappa shape index (κ2) is 21.9. The zero-order chi connectivity index (χ0) is 33.9. The lowest BCUT2D eigenvalue weighted by Crippen LogP contribution is -2.33. The van der Waals surface area contributed by atoms with E-state index in [0.717, 1.165) is 0 Å². The highest BCUT2D eigenvalue weighted by atomic mass is 32.2. The van der Waals surface area contributed by atoms with E-state index < -0.39 is 11.9 Å². The fourth-order valence-corrected chi connectivity index (χ4v) is 5.51. The number of hydrogen-bond donors (Lipinski definition) is 2. The van der Waals surface area contributed by atoms with Crippen LogP contribution in [-0.2, 0) is 41.6 Å². The second-order valence-corrected chi connectivity index (χ2v) is 11.8. The molecule has 47 heavy (non-hydrogen) atoms. The Hall–Kier alpha value is -2.90. The number of ether oxygens (including phenoxy) is 5. The van der Waals surface area contributed by atoms with Gasteiger partial charge in [0.2, 0.25) is 0 Å². The molecule has 0 aromatic carbocycles. The Morgan fingerprint density at radius 3 is 1.57 bits per heavy atom. The normalized spacial score (nSPS) is 17.0. The number of rotatable bonds is 11. The van der Waals surface area contributed by atoms with E-state index in [4.69, 9.17) is 23.7 Å². The summed E-state index contributed by atoms with van der Waals surface area (Å²) >= 11 is 1.16. The van der Waals surface area contributed by atoms with Crippen molar-refractivity contribution in [1.82, 2.24) is 19.8 Å². The number of nitrogens with zero attached hydrogens (tertiary/aromatic N) is 4. The van der Waals surface area contributed by atoms with Crippen molar-refractivity contribution in [3.05, 3.63) is 47.0 Å². The van der Waals surface area contributed by atoms with Gasteiger partial charge in [-0.2, -0.15) is 3.89 Å². The Kier molecular flexibility index (Phi) is 17.9. The quantitative estimate of drug-likeness (QED) is 0.259. The minimum atomic E-state index is -1.23. The summed E-state index contributed by atoms with van der Waals surface area (Å²) in [7, 11) is 0. The molecule has 1 fully saturated rings. The van der Waals surface area contributed by atoms with Gasteiger partial charge in [0.05, 0.1) is 88.8 Å². The van der Waals surface area contributed by atoms with E-state index in [9.17, 15) is 28.5 Å². The molecule has 260 valence electrons. The third kappa shape index (κ3) is 15.2. The first kappa shape index (κ1) is 38.5. The molecule has 0 aliphatic carbocycles. The summed E-state index contributed by atoms with van der Waals surface area (Å²) in [5, 5.41) is 18.9. The number of carboxylic acid groups (broad SMARTS) is 2. The molecular weight excluding hydrogens is 659 g/mol. The van der Waals surface area contributed by atoms with Gasteiger partial charge in [0.25, 0.3) is 0 Å². The highest BCUT2D eigenvalue weighted by Gasteiger charge is 2.16. The van der Waals surface area contributed by atoms with Crippen LogP contribution >= 0.6 is 23.9 Å². The van der Waals surface area contributed by atoms with Crippen molar-refractivity contribution in [2.24, 2.45) is 0 Å². The van der Waals surface area contributed by atoms with Gasteiger partial charge in [0.15, 0.2) is 0 Å². The highest BCUT2D eigenvalue weighted by Crippen LogP contribution is 2.22. The van der Waals surface area contributed by atoms with E-state index >= 15 is 0 Å². The number of thioether (sulfide) groups is 1. The molecule has 2 aromatic heterocycles. The van der Waals surface area contributed by atoms with Crippen LogP contribution in [0.25, 0.3) is 0 Å². The lowest BCUT2D eigenvalue weighted by molar-refractivity contribution is -0.139. The predicted octanol–water partition coefficient (Wildman–Crippen LogP) is 2.89. The number of carbonyl (C=O) groups is 3. The summed E-state index contributed by atoms with van der Waals surface area (Å²) in [5.41, 5.74) is 0.646. The molecule has 0 unspecified atom stereocenters. The number of carbonyl (C=O) groups excluding carboxylic acids is 1. The molecule has 3 rings (SSSR count). The molecule has 1 aliphatic rings. The number of halogens is 1. The molecule has 17 heteroatoms. The maximum absolute atomic E-state index is 13.2. The number of aromatic nitrogens is 2. The maximum atomic E-state index is 13.2. The van der Waals surface area contributed by atoms with Gasteiger partial charge in [0, 0.05) is 49.1 Å². The Morgan fingerprint density at radius 1 is 0.745 bits per heavy atom. The zero-order valence-corrected chi connectivity index (χ0v) is 27.9. The van der Waals surface area contributed by atoms with Crippen LogP contribution in [-0.4, -0.2) is 139 Å². The Bertz CT molecular complexity index is 1280. The first-order chi connectivity index (χ1) is 22.8. The average Bonchev–Trinajstić information content (AvgIpc) is 3.05. The molecule has 0 bridgehead atoms. The van der Waals surface area contributed by atoms with Crippen molar-refractivity contribution in [3.8, 4) is 0 Å². The van der Waals surface area contributed by atoms with Crippen LogP contribution in [0.2, 0.25) is 0 Å². The first-order valence-corrected chi connectivity index (χ1v) is 16.8. The molecule has 0 radical (unpaired) electrons. The molecule has 1 aliphatic heterocycles. The van der Waals surface area contributed by atoms with E-state index in [0.29, 0.717) is 108 Å². The third-order valence-electron chi connectivity index (χ3n) is 6.62. The lowest BCUT2D eigenvalue weighted by atomic mass is 10.2. The first-order valence-electron chi connectivity index (χ1n) is 15.1. The summed E-state index contributed by atoms with van der Waals surface area (Å²) in [4.78, 5) is 48.2. The molecule has 0 saturated carbocycles. The van der Waals surface area contributed by atoms with Crippen LogP contribution in [0, 0.1) is 0 Å². The topological polar surface area (TPSA) is 170 Å². The molecule has 0 amide bonds. The Morgan fingerprint density at radius 2 is 1.17 bits per heavy atom. The average molecular weight is 701 g/mol. The minimum absolute atomic E-state index is 0.0289. The van der Waals surface area contributed by atoms with Crippen LogP contribution in [0.1, 0.15) is 39.3 Å². The fourth-order valence-electron chi connectivity index (χ4n) is 4.39. The van der Waals surface area contributed by atoms with Gasteiger partial charge in [-0.25, -0.2) is 19.6 Å². The Balaban J connectivity index is 1.55. The standard InChI is InChI=1S/C30H41FN4O10S2/c1-2-45-28(36)21-46-24-15-22(32-26(17-24)29(37)38)19-34-3-7-41-11-13-43-9-5-35(6-10-44-14-12-42-8-4-34)20-23-16-25(47-31)18-27(33-23)30(39)40/h15-18H,2-14,19-21H2,1H3,(H,37,38)(H,39,40). The monoisotopic (exact) mass is 700 g/mol. The summed E-state index contributed by atoms with van der Waals surface area (Å²) in [5.74, 6) is -2.71. The van der Waals surface area contributed by atoms with Gasteiger partial charge in [-0.05, 0) is 31.2 Å². The van der Waals surface area contributed by atoms with E-state index in [1.807, 2.05) is 4.90 Å². The molecule has 3 heterocycles. The van der Waals surface area contributed by atoms with E-state index in [1.165, 1.54) is 30.0 Å². The van der Waals surface area contributed by atoms with Crippen LogP contribution < -0.4 is 0 Å². The number of pyridine rings is 2. The van der Waals surface area contributed by atoms with Crippen LogP contribution in [0.4, 0.5) is 3.89 Å². The minimum Gasteiger partial charge on any atom is -0.477 e. The number of aromatic carboxylic acids is 2. The summed E-state index contributed by atoms with van der Waals surface area (Å²) in [6.07, 6.45) is 0. The van der Waals surface area contributed by atoms with E-state index in [-0.39, 0.29) is 46.8 Å². The number of esters is 1. The highest BCUT2D eigenvalue weighted by molar-refractivity contribution is 8.00. The van der Waals surface area contributed by atoms with Crippen LogP contribution in [0.15, 0.2) is 34.1 Å². The second-order valence-electron chi connectivity index (χ2n) is 10.1. The van der Waals surface area contributed by atoms with Crippen molar-refractivity contribution in [2.75, 3.05) is 91.4 Å². The van der Waals surface area contributed by atoms with Crippen LogP contribution in [0.5, 0.6) is 0 Å². The number of carboxylic acids is 2. The van der Waals surface area contributed by atoms with Crippen LogP contribution in [0.3, 0.4) is 0 Å². The fraction of sp³-hybridized carbons (Fsp3) is 0.567. The lowest BCUT2D eigenvalue weighted by Gasteiger charge is -2.23. The third-order valence-corrected chi connectivity index (χ3v) is 7.98. The van der Waals surface area contributed by atoms with Gasteiger partial charge >= 0.3 is 17.9 Å². The molecule has 0 spiro atoms. The SMILES string of the molecule is CCOC(=O)CSc1cc(CN2CCOCCOCCN(Cc3cc(SF)cc(C(=O)O)n3)CCOCCOCC2)nc(C(=O)O)c1. The summed E-state index contributed by atoms with van der Waals surface area (Å²) in [6, 6.07) is 5.93. The Labute approximate surface area is 281 Å². The van der Waals surface area contributed by atoms with Crippen molar-refractivity contribution in [1.29, 1.82) is 0 Å².